The third-order valence-corrected chi connectivity index (χ3v) is 5.09. The number of carboxylic acid groups (broad SMARTS) is 1. The quantitative estimate of drug-likeness (QED) is 0.903. The first-order valence-corrected chi connectivity index (χ1v) is 7.83. The van der Waals surface area contributed by atoms with Gasteiger partial charge >= 0.3 is 5.97 Å². The number of amides is 1. The van der Waals surface area contributed by atoms with E-state index in [2.05, 4.69) is 10.3 Å². The number of aliphatic carboxylic acids is 1. The number of aromatic nitrogens is 1. The standard InChI is InChI=1S/C15H16N2O4S/c1-8-4-5-10(21-8)13-16-9(2)11(22-13)12(18)17-15(14(19)20)6-3-7-15/h4-5H,3,6-7H2,1-2H3,(H,17,18)(H,19,20). The third-order valence-electron chi connectivity index (χ3n) is 3.92. The topological polar surface area (TPSA) is 92.4 Å². The number of rotatable bonds is 4. The van der Waals surface area contributed by atoms with Crippen molar-refractivity contribution in [3.63, 3.8) is 0 Å². The number of carboxylic acids is 1. The first-order valence-electron chi connectivity index (χ1n) is 7.01. The van der Waals surface area contributed by atoms with E-state index in [9.17, 15) is 14.7 Å². The van der Waals surface area contributed by atoms with Crippen LogP contribution in [0.3, 0.4) is 0 Å². The largest absolute Gasteiger partial charge is 0.480 e. The fourth-order valence-corrected chi connectivity index (χ4v) is 3.38. The number of thiazole rings is 1. The lowest BCUT2D eigenvalue weighted by Gasteiger charge is -2.38. The zero-order valence-electron chi connectivity index (χ0n) is 12.3. The van der Waals surface area contributed by atoms with Gasteiger partial charge in [-0.05, 0) is 45.2 Å². The highest BCUT2D eigenvalue weighted by Gasteiger charge is 2.46. The molecular weight excluding hydrogens is 304 g/mol. The van der Waals surface area contributed by atoms with E-state index < -0.39 is 11.5 Å². The third kappa shape index (κ3) is 2.41. The Balaban J connectivity index is 1.84. The monoisotopic (exact) mass is 320 g/mol. The fourth-order valence-electron chi connectivity index (χ4n) is 2.46. The van der Waals surface area contributed by atoms with Crippen LogP contribution < -0.4 is 5.32 Å². The van der Waals surface area contributed by atoms with Gasteiger partial charge in [0.15, 0.2) is 10.8 Å². The molecule has 2 N–H and O–H groups in total. The second kappa shape index (κ2) is 5.24. The summed E-state index contributed by atoms with van der Waals surface area (Å²) in [6.07, 6.45) is 1.75. The molecule has 0 unspecified atom stereocenters. The van der Waals surface area contributed by atoms with E-state index in [1.807, 2.05) is 13.0 Å². The number of hydrogen-bond donors (Lipinski definition) is 2. The van der Waals surface area contributed by atoms with Gasteiger partial charge in [-0.1, -0.05) is 0 Å². The summed E-state index contributed by atoms with van der Waals surface area (Å²) in [5.74, 6) is 0.0252. The number of furan rings is 1. The molecule has 22 heavy (non-hydrogen) atoms. The van der Waals surface area contributed by atoms with Crippen molar-refractivity contribution in [2.75, 3.05) is 0 Å². The molecule has 0 atom stereocenters. The second-order valence-electron chi connectivity index (χ2n) is 5.54. The number of hydrogen-bond acceptors (Lipinski definition) is 5. The van der Waals surface area contributed by atoms with E-state index in [0.29, 0.717) is 34.2 Å². The summed E-state index contributed by atoms with van der Waals surface area (Å²) in [7, 11) is 0. The predicted molar refractivity (Wildman–Crippen MR) is 81.0 cm³/mol. The molecule has 0 aromatic carbocycles. The van der Waals surface area contributed by atoms with E-state index in [4.69, 9.17) is 4.42 Å². The maximum absolute atomic E-state index is 12.4. The van der Waals surface area contributed by atoms with Gasteiger partial charge in [0, 0.05) is 0 Å². The zero-order chi connectivity index (χ0) is 15.9. The van der Waals surface area contributed by atoms with Crippen LogP contribution in [0.2, 0.25) is 0 Å². The van der Waals surface area contributed by atoms with Crippen molar-refractivity contribution in [2.24, 2.45) is 0 Å². The molecule has 3 rings (SSSR count). The summed E-state index contributed by atoms with van der Waals surface area (Å²) in [5.41, 5.74) is -0.541. The summed E-state index contributed by atoms with van der Waals surface area (Å²) in [6.45, 7) is 3.57. The molecule has 1 aliphatic rings. The molecule has 0 spiro atoms. The smallest absolute Gasteiger partial charge is 0.329 e. The summed E-state index contributed by atoms with van der Waals surface area (Å²) in [4.78, 5) is 28.5. The highest BCUT2D eigenvalue weighted by molar-refractivity contribution is 7.17. The minimum absolute atomic E-state index is 0.383. The van der Waals surface area contributed by atoms with Crippen molar-refractivity contribution >= 4 is 23.2 Å². The minimum Gasteiger partial charge on any atom is -0.480 e. The average Bonchev–Trinajstić information content (AvgIpc) is 2.99. The normalized spacial score (nSPS) is 16.1. The van der Waals surface area contributed by atoms with Crippen molar-refractivity contribution in [2.45, 2.75) is 38.6 Å². The van der Waals surface area contributed by atoms with Crippen LogP contribution in [-0.4, -0.2) is 27.5 Å². The van der Waals surface area contributed by atoms with Gasteiger partial charge in [0.25, 0.3) is 5.91 Å². The second-order valence-corrected chi connectivity index (χ2v) is 6.54. The molecule has 1 saturated carbocycles. The van der Waals surface area contributed by atoms with Crippen LogP contribution in [0.4, 0.5) is 0 Å². The van der Waals surface area contributed by atoms with Crippen LogP contribution in [0.25, 0.3) is 10.8 Å². The van der Waals surface area contributed by atoms with E-state index in [1.54, 1.807) is 13.0 Å². The molecule has 6 nitrogen and oxygen atoms in total. The van der Waals surface area contributed by atoms with Gasteiger partial charge in [0.2, 0.25) is 0 Å². The molecule has 2 aromatic heterocycles. The molecule has 7 heteroatoms. The van der Waals surface area contributed by atoms with Crippen molar-refractivity contribution in [1.29, 1.82) is 0 Å². The van der Waals surface area contributed by atoms with Crippen molar-refractivity contribution in [3.05, 3.63) is 28.5 Å². The maximum atomic E-state index is 12.4. The van der Waals surface area contributed by atoms with Gasteiger partial charge in [-0.3, -0.25) is 4.79 Å². The Morgan fingerprint density at radius 1 is 1.36 bits per heavy atom. The lowest BCUT2D eigenvalue weighted by atomic mass is 9.76. The Kier molecular flexibility index (Phi) is 3.52. The average molecular weight is 320 g/mol. The van der Waals surface area contributed by atoms with Gasteiger partial charge in [-0.2, -0.15) is 0 Å². The maximum Gasteiger partial charge on any atom is 0.329 e. The van der Waals surface area contributed by atoms with E-state index >= 15 is 0 Å². The van der Waals surface area contributed by atoms with Crippen LogP contribution in [0.1, 0.15) is 40.4 Å². The number of aryl methyl sites for hydroxylation is 2. The van der Waals surface area contributed by atoms with Crippen LogP contribution in [-0.2, 0) is 4.79 Å². The number of nitrogens with zero attached hydrogens (tertiary/aromatic N) is 1. The van der Waals surface area contributed by atoms with Gasteiger partial charge < -0.3 is 14.8 Å². The Bertz CT molecular complexity index is 743. The first kappa shape index (κ1) is 14.8. The molecule has 0 radical (unpaired) electrons. The van der Waals surface area contributed by atoms with E-state index in [-0.39, 0.29) is 5.91 Å². The highest BCUT2D eigenvalue weighted by atomic mass is 32.1. The number of carbonyl (C=O) groups is 2. The van der Waals surface area contributed by atoms with Gasteiger partial charge in [-0.15, -0.1) is 11.3 Å². The molecule has 1 amide bonds. The van der Waals surface area contributed by atoms with Gasteiger partial charge in [0.05, 0.1) is 5.69 Å². The Morgan fingerprint density at radius 3 is 2.59 bits per heavy atom. The van der Waals surface area contributed by atoms with Crippen molar-refractivity contribution in [3.8, 4) is 10.8 Å². The van der Waals surface area contributed by atoms with Crippen LogP contribution in [0.5, 0.6) is 0 Å². The fraction of sp³-hybridized carbons (Fsp3) is 0.400. The summed E-state index contributed by atoms with van der Waals surface area (Å²) < 4.78 is 5.51. The summed E-state index contributed by atoms with van der Waals surface area (Å²) in [6, 6.07) is 3.64. The van der Waals surface area contributed by atoms with Gasteiger partial charge in [0.1, 0.15) is 16.2 Å². The Labute approximate surface area is 131 Å². The van der Waals surface area contributed by atoms with Crippen LogP contribution in [0, 0.1) is 13.8 Å². The lowest BCUT2D eigenvalue weighted by Crippen LogP contribution is -2.59. The summed E-state index contributed by atoms with van der Waals surface area (Å²) >= 11 is 1.21. The SMILES string of the molecule is Cc1ccc(-c2nc(C)c(C(=O)NC3(C(=O)O)CCC3)s2)o1. The van der Waals surface area contributed by atoms with Crippen molar-refractivity contribution in [1.82, 2.24) is 10.3 Å². The van der Waals surface area contributed by atoms with Crippen LogP contribution >= 0.6 is 11.3 Å². The van der Waals surface area contributed by atoms with E-state index in [1.165, 1.54) is 11.3 Å². The molecule has 0 bridgehead atoms. The van der Waals surface area contributed by atoms with Crippen molar-refractivity contribution < 1.29 is 19.1 Å². The Hall–Kier alpha value is -2.15. The molecule has 1 fully saturated rings. The van der Waals surface area contributed by atoms with E-state index in [0.717, 1.165) is 12.2 Å². The number of nitrogens with one attached hydrogen (secondary N) is 1. The lowest BCUT2D eigenvalue weighted by molar-refractivity contribution is -0.148. The molecule has 0 saturated heterocycles. The first-order chi connectivity index (χ1) is 10.4. The van der Waals surface area contributed by atoms with Crippen LogP contribution in [0.15, 0.2) is 16.5 Å². The molecule has 2 aromatic rings. The molecule has 116 valence electrons. The number of carbonyl (C=O) groups excluding carboxylic acids is 1. The predicted octanol–water partition coefficient (Wildman–Crippen LogP) is 2.76. The molecular formula is C15H16N2O4S. The highest BCUT2D eigenvalue weighted by Crippen LogP contribution is 2.34. The Morgan fingerprint density at radius 2 is 2.09 bits per heavy atom. The van der Waals surface area contributed by atoms with Gasteiger partial charge in [-0.25, -0.2) is 9.78 Å². The summed E-state index contributed by atoms with van der Waals surface area (Å²) in [5, 5.41) is 12.6. The molecule has 2 heterocycles. The minimum atomic E-state index is -1.12. The molecule has 0 aliphatic heterocycles. The zero-order valence-corrected chi connectivity index (χ0v) is 13.1. The molecule has 1 aliphatic carbocycles.